The first-order chi connectivity index (χ1) is 13.2. The van der Waals surface area contributed by atoms with Crippen LogP contribution in [-0.2, 0) is 17.8 Å². The third-order valence-corrected chi connectivity index (χ3v) is 3.96. The van der Waals surface area contributed by atoms with Gasteiger partial charge in [0.15, 0.2) is 11.5 Å². The average molecular weight is 367 g/mol. The summed E-state index contributed by atoms with van der Waals surface area (Å²) in [6.07, 6.45) is 0.772. The van der Waals surface area contributed by atoms with Gasteiger partial charge in [-0.15, -0.1) is 10.2 Å². The average Bonchev–Trinajstić information content (AvgIpc) is 3.16. The third kappa shape index (κ3) is 4.81. The number of methoxy groups -OCH3 is 2. The number of amides is 1. The number of nitrogens with zero attached hydrogens (tertiary/aromatic N) is 4. The van der Waals surface area contributed by atoms with Gasteiger partial charge in [0.25, 0.3) is 0 Å². The number of carbonyl (C=O) groups excluding carboxylic acids is 1. The van der Waals surface area contributed by atoms with Gasteiger partial charge in [0.2, 0.25) is 11.7 Å². The largest absolute Gasteiger partial charge is 0.493 e. The van der Waals surface area contributed by atoms with Crippen molar-refractivity contribution in [3.63, 3.8) is 0 Å². The van der Waals surface area contributed by atoms with Crippen molar-refractivity contribution in [3.05, 3.63) is 54.1 Å². The molecule has 3 aromatic rings. The molecule has 1 aromatic heterocycles. The minimum absolute atomic E-state index is 0.00901. The maximum absolute atomic E-state index is 12.1. The number of hydrogen-bond acceptors (Lipinski definition) is 6. The zero-order valence-electron chi connectivity index (χ0n) is 15.3. The Balaban J connectivity index is 1.56. The predicted octanol–water partition coefficient (Wildman–Crippen LogP) is 1.72. The molecule has 0 aliphatic heterocycles. The van der Waals surface area contributed by atoms with Crippen LogP contribution in [0.5, 0.6) is 11.5 Å². The molecule has 27 heavy (non-hydrogen) atoms. The fourth-order valence-electron chi connectivity index (χ4n) is 2.58. The summed E-state index contributed by atoms with van der Waals surface area (Å²) in [5.74, 6) is 1.44. The van der Waals surface area contributed by atoms with Gasteiger partial charge < -0.3 is 14.8 Å². The molecule has 1 heterocycles. The van der Waals surface area contributed by atoms with Gasteiger partial charge in [0.05, 0.1) is 14.2 Å². The van der Waals surface area contributed by atoms with Crippen molar-refractivity contribution in [3.8, 4) is 22.9 Å². The van der Waals surface area contributed by atoms with Gasteiger partial charge in [-0.2, -0.15) is 4.80 Å². The van der Waals surface area contributed by atoms with Gasteiger partial charge in [0, 0.05) is 12.1 Å². The number of nitrogens with one attached hydrogen (secondary N) is 1. The van der Waals surface area contributed by atoms with E-state index in [4.69, 9.17) is 9.47 Å². The van der Waals surface area contributed by atoms with Crippen LogP contribution in [0.25, 0.3) is 11.4 Å². The van der Waals surface area contributed by atoms with Gasteiger partial charge in [-0.1, -0.05) is 30.3 Å². The molecule has 3 rings (SSSR count). The Morgan fingerprint density at radius 2 is 1.85 bits per heavy atom. The van der Waals surface area contributed by atoms with Crippen LogP contribution < -0.4 is 14.8 Å². The lowest BCUT2D eigenvalue weighted by atomic mass is 10.1. The first-order valence-corrected chi connectivity index (χ1v) is 8.50. The van der Waals surface area contributed by atoms with Crippen LogP contribution in [0.15, 0.2) is 48.5 Å². The summed E-state index contributed by atoms with van der Waals surface area (Å²) in [5.41, 5.74) is 1.90. The van der Waals surface area contributed by atoms with Crippen LogP contribution in [0.1, 0.15) is 5.56 Å². The summed E-state index contributed by atoms with van der Waals surface area (Å²) >= 11 is 0. The smallest absolute Gasteiger partial charge is 0.243 e. The summed E-state index contributed by atoms with van der Waals surface area (Å²) in [5, 5.41) is 15.1. The molecular weight excluding hydrogens is 346 g/mol. The van der Waals surface area contributed by atoms with E-state index in [0.717, 1.165) is 12.0 Å². The zero-order valence-corrected chi connectivity index (χ0v) is 15.3. The highest BCUT2D eigenvalue weighted by molar-refractivity contribution is 5.75. The topological polar surface area (TPSA) is 91.2 Å². The molecule has 1 amide bonds. The van der Waals surface area contributed by atoms with E-state index in [-0.39, 0.29) is 12.5 Å². The van der Waals surface area contributed by atoms with E-state index in [9.17, 15) is 4.79 Å². The van der Waals surface area contributed by atoms with Gasteiger partial charge in [-0.3, -0.25) is 4.79 Å². The standard InChI is InChI=1S/C19H21N5O3/c1-26-16-9-8-15(12-17(16)27-2)19-21-23-24(22-19)13-18(25)20-11-10-14-6-4-3-5-7-14/h3-9,12H,10-11,13H2,1-2H3,(H,20,25). The maximum atomic E-state index is 12.1. The van der Waals surface area contributed by atoms with E-state index < -0.39 is 0 Å². The Kier molecular flexibility index (Phi) is 5.98. The summed E-state index contributed by atoms with van der Waals surface area (Å²) in [6.45, 7) is 0.565. The monoisotopic (exact) mass is 367 g/mol. The van der Waals surface area contributed by atoms with Crippen LogP contribution in [-0.4, -0.2) is 46.9 Å². The van der Waals surface area contributed by atoms with E-state index in [0.29, 0.717) is 23.9 Å². The van der Waals surface area contributed by atoms with Crippen LogP contribution in [0, 0.1) is 0 Å². The van der Waals surface area contributed by atoms with Crippen molar-refractivity contribution in [1.29, 1.82) is 0 Å². The van der Waals surface area contributed by atoms with E-state index in [1.54, 1.807) is 26.4 Å². The molecule has 0 saturated carbocycles. The van der Waals surface area contributed by atoms with E-state index in [1.165, 1.54) is 10.4 Å². The minimum Gasteiger partial charge on any atom is -0.493 e. The van der Waals surface area contributed by atoms with E-state index in [1.807, 2.05) is 36.4 Å². The number of tetrazole rings is 1. The molecule has 0 radical (unpaired) electrons. The molecule has 0 spiro atoms. The fourth-order valence-corrected chi connectivity index (χ4v) is 2.58. The van der Waals surface area contributed by atoms with Crippen LogP contribution >= 0.6 is 0 Å². The third-order valence-electron chi connectivity index (χ3n) is 3.96. The Morgan fingerprint density at radius 1 is 1.07 bits per heavy atom. The van der Waals surface area contributed by atoms with Gasteiger partial charge >= 0.3 is 0 Å². The van der Waals surface area contributed by atoms with Crippen LogP contribution in [0.3, 0.4) is 0 Å². The lowest BCUT2D eigenvalue weighted by molar-refractivity contribution is -0.122. The molecule has 0 atom stereocenters. The molecule has 1 N–H and O–H groups in total. The second kappa shape index (κ2) is 8.79. The van der Waals surface area contributed by atoms with Crippen LogP contribution in [0.4, 0.5) is 0 Å². The molecule has 8 heteroatoms. The summed E-state index contributed by atoms with van der Waals surface area (Å²) in [4.78, 5) is 13.3. The highest BCUT2D eigenvalue weighted by atomic mass is 16.5. The van der Waals surface area contributed by atoms with Crippen molar-refractivity contribution in [1.82, 2.24) is 25.5 Å². The van der Waals surface area contributed by atoms with Crippen molar-refractivity contribution >= 4 is 5.91 Å². The Bertz CT molecular complexity index is 895. The molecule has 2 aromatic carbocycles. The first kappa shape index (κ1) is 18.4. The Labute approximate surface area is 157 Å². The SMILES string of the molecule is COc1ccc(-c2nnn(CC(=O)NCCc3ccccc3)n2)cc1OC. The zero-order chi connectivity index (χ0) is 19.1. The van der Waals surface area contributed by atoms with Gasteiger partial charge in [-0.05, 0) is 35.4 Å². The molecule has 0 bridgehead atoms. The summed E-state index contributed by atoms with van der Waals surface area (Å²) in [7, 11) is 3.13. The van der Waals surface area contributed by atoms with Gasteiger partial charge in [0.1, 0.15) is 6.54 Å². The first-order valence-electron chi connectivity index (χ1n) is 8.50. The van der Waals surface area contributed by atoms with Crippen LogP contribution in [0.2, 0.25) is 0 Å². The lowest BCUT2D eigenvalue weighted by Gasteiger charge is -2.07. The molecule has 8 nitrogen and oxygen atoms in total. The molecule has 0 fully saturated rings. The van der Waals surface area contributed by atoms with Gasteiger partial charge in [-0.25, -0.2) is 0 Å². The normalized spacial score (nSPS) is 10.4. The number of rotatable bonds is 8. The summed E-state index contributed by atoms with van der Waals surface area (Å²) in [6, 6.07) is 15.3. The number of aromatic nitrogens is 4. The predicted molar refractivity (Wildman–Crippen MR) is 99.5 cm³/mol. The maximum Gasteiger partial charge on any atom is 0.243 e. The highest BCUT2D eigenvalue weighted by Crippen LogP contribution is 2.30. The molecule has 0 aliphatic rings. The van der Waals surface area contributed by atoms with E-state index >= 15 is 0 Å². The van der Waals surface area contributed by atoms with Crippen molar-refractivity contribution in [2.75, 3.05) is 20.8 Å². The quantitative estimate of drug-likeness (QED) is 0.652. The minimum atomic E-state index is -0.165. The Morgan fingerprint density at radius 3 is 2.59 bits per heavy atom. The second-order valence-corrected chi connectivity index (χ2v) is 5.80. The number of carbonyl (C=O) groups is 1. The van der Waals surface area contributed by atoms with Crippen molar-refractivity contribution in [2.24, 2.45) is 0 Å². The number of benzene rings is 2. The number of hydrogen-bond donors (Lipinski definition) is 1. The lowest BCUT2D eigenvalue weighted by Crippen LogP contribution is -2.30. The molecule has 0 aliphatic carbocycles. The summed E-state index contributed by atoms with van der Waals surface area (Å²) < 4.78 is 10.5. The Hall–Kier alpha value is -3.42. The van der Waals surface area contributed by atoms with Crippen molar-refractivity contribution in [2.45, 2.75) is 13.0 Å². The molecule has 0 saturated heterocycles. The molecular formula is C19H21N5O3. The number of ether oxygens (including phenoxy) is 2. The van der Waals surface area contributed by atoms with E-state index in [2.05, 4.69) is 20.7 Å². The van der Waals surface area contributed by atoms with Crippen molar-refractivity contribution < 1.29 is 14.3 Å². The molecule has 0 unspecified atom stereocenters. The molecule has 140 valence electrons. The fraction of sp³-hybridized carbons (Fsp3) is 0.263. The second-order valence-electron chi connectivity index (χ2n) is 5.80. The highest BCUT2D eigenvalue weighted by Gasteiger charge is 2.12.